The van der Waals surface area contributed by atoms with E-state index in [1.54, 1.807) is 10.5 Å². The Labute approximate surface area is 131 Å². The highest BCUT2D eigenvalue weighted by Gasteiger charge is 2.29. The molecule has 0 radical (unpaired) electrons. The van der Waals surface area contributed by atoms with Crippen LogP contribution >= 0.6 is 0 Å². The number of aromatic nitrogens is 2. The fraction of sp³-hybridized carbons (Fsp3) is 0.438. The summed E-state index contributed by atoms with van der Waals surface area (Å²) in [6, 6.07) is 7.66. The summed E-state index contributed by atoms with van der Waals surface area (Å²) in [6.45, 7) is 3.09. The lowest BCUT2D eigenvalue weighted by Gasteiger charge is -2.30. The first kappa shape index (κ1) is 15.2. The molecule has 1 N–H and O–H groups in total. The van der Waals surface area contributed by atoms with Gasteiger partial charge in [-0.2, -0.15) is 0 Å². The summed E-state index contributed by atoms with van der Waals surface area (Å²) in [5.41, 5.74) is 1.91. The minimum atomic E-state index is -3.25. The first-order valence-corrected chi connectivity index (χ1v) is 9.19. The van der Waals surface area contributed by atoms with Crippen LogP contribution in [-0.4, -0.2) is 35.8 Å². The van der Waals surface area contributed by atoms with Gasteiger partial charge in [-0.3, -0.25) is 0 Å². The van der Waals surface area contributed by atoms with Gasteiger partial charge in [0.15, 0.2) is 0 Å². The van der Waals surface area contributed by atoms with Gasteiger partial charge < -0.3 is 4.98 Å². The van der Waals surface area contributed by atoms with Gasteiger partial charge in [-0.25, -0.2) is 17.7 Å². The Morgan fingerprint density at radius 2 is 2.00 bits per heavy atom. The zero-order valence-electron chi connectivity index (χ0n) is 12.7. The van der Waals surface area contributed by atoms with Crippen LogP contribution in [0, 0.1) is 6.92 Å². The lowest BCUT2D eigenvalue weighted by atomic mass is 9.98. The van der Waals surface area contributed by atoms with Crippen molar-refractivity contribution in [1.82, 2.24) is 14.3 Å². The van der Waals surface area contributed by atoms with Crippen molar-refractivity contribution in [2.45, 2.75) is 31.4 Å². The maximum atomic E-state index is 12.6. The van der Waals surface area contributed by atoms with Crippen molar-refractivity contribution in [2.24, 2.45) is 0 Å². The first-order chi connectivity index (χ1) is 10.6. The van der Waals surface area contributed by atoms with Crippen molar-refractivity contribution < 1.29 is 8.42 Å². The molecule has 6 heteroatoms. The second-order valence-electron chi connectivity index (χ2n) is 5.83. The van der Waals surface area contributed by atoms with Gasteiger partial charge in [0, 0.05) is 31.4 Å². The van der Waals surface area contributed by atoms with E-state index in [4.69, 9.17) is 0 Å². The van der Waals surface area contributed by atoms with E-state index in [1.807, 2.05) is 37.4 Å². The van der Waals surface area contributed by atoms with Crippen LogP contribution in [0.5, 0.6) is 0 Å². The maximum absolute atomic E-state index is 12.6. The molecule has 3 rings (SSSR count). The van der Waals surface area contributed by atoms with Gasteiger partial charge >= 0.3 is 0 Å². The Morgan fingerprint density at radius 1 is 1.27 bits per heavy atom. The number of nitrogens with zero attached hydrogens (tertiary/aromatic N) is 2. The van der Waals surface area contributed by atoms with Gasteiger partial charge in [-0.1, -0.05) is 24.3 Å². The highest BCUT2D eigenvalue weighted by Crippen LogP contribution is 2.27. The number of hydrogen-bond donors (Lipinski definition) is 1. The van der Waals surface area contributed by atoms with Gasteiger partial charge in [-0.05, 0) is 30.9 Å². The zero-order chi connectivity index (χ0) is 15.6. The predicted octanol–water partition coefficient (Wildman–Crippen LogP) is 2.43. The molecule has 5 nitrogen and oxygen atoms in total. The van der Waals surface area contributed by atoms with Crippen LogP contribution < -0.4 is 0 Å². The molecule has 0 unspecified atom stereocenters. The van der Waals surface area contributed by atoms with E-state index in [2.05, 4.69) is 9.97 Å². The second kappa shape index (κ2) is 6.22. The molecule has 1 aliphatic heterocycles. The third-order valence-corrected chi connectivity index (χ3v) is 6.18. The van der Waals surface area contributed by atoms with Crippen LogP contribution in [0.4, 0.5) is 0 Å². The molecule has 0 amide bonds. The molecule has 2 aromatic rings. The second-order valence-corrected chi connectivity index (χ2v) is 7.80. The van der Waals surface area contributed by atoms with E-state index in [1.165, 1.54) is 0 Å². The number of hydrogen-bond acceptors (Lipinski definition) is 3. The van der Waals surface area contributed by atoms with E-state index >= 15 is 0 Å². The molecule has 1 saturated heterocycles. The molecular weight excluding hydrogens is 298 g/mol. The number of aromatic amines is 1. The first-order valence-electron chi connectivity index (χ1n) is 7.58. The Morgan fingerprint density at radius 3 is 2.64 bits per heavy atom. The lowest BCUT2D eigenvalue weighted by Crippen LogP contribution is -2.38. The SMILES string of the molecule is Cc1ccccc1CS(=O)(=O)N1CCC(c2ncc[nH]2)CC1. The average Bonchev–Trinajstić information content (AvgIpc) is 3.04. The molecule has 0 aliphatic carbocycles. The maximum Gasteiger partial charge on any atom is 0.218 e. The Kier molecular flexibility index (Phi) is 4.31. The van der Waals surface area contributed by atoms with Gasteiger partial charge in [0.25, 0.3) is 0 Å². The van der Waals surface area contributed by atoms with Crippen LogP contribution in [0.1, 0.15) is 35.7 Å². The van der Waals surface area contributed by atoms with Crippen molar-refractivity contribution in [1.29, 1.82) is 0 Å². The molecule has 118 valence electrons. The van der Waals surface area contributed by atoms with E-state index in [0.29, 0.717) is 19.0 Å². The topological polar surface area (TPSA) is 66.1 Å². The highest BCUT2D eigenvalue weighted by atomic mass is 32.2. The molecule has 0 bridgehead atoms. The summed E-state index contributed by atoms with van der Waals surface area (Å²) >= 11 is 0. The summed E-state index contributed by atoms with van der Waals surface area (Å²) in [6.07, 6.45) is 5.20. The molecule has 1 aromatic carbocycles. The molecule has 0 spiro atoms. The number of rotatable bonds is 4. The van der Waals surface area contributed by atoms with Crippen molar-refractivity contribution >= 4 is 10.0 Å². The van der Waals surface area contributed by atoms with E-state index in [-0.39, 0.29) is 5.75 Å². The van der Waals surface area contributed by atoms with Crippen LogP contribution in [0.25, 0.3) is 0 Å². The minimum absolute atomic E-state index is 0.0884. The van der Waals surface area contributed by atoms with Crippen LogP contribution in [0.2, 0.25) is 0 Å². The number of sulfonamides is 1. The minimum Gasteiger partial charge on any atom is -0.348 e. The van der Waals surface area contributed by atoms with Crippen molar-refractivity contribution in [2.75, 3.05) is 13.1 Å². The largest absolute Gasteiger partial charge is 0.348 e. The normalized spacial score (nSPS) is 17.7. The smallest absolute Gasteiger partial charge is 0.218 e. The Hall–Kier alpha value is -1.66. The Bertz CT molecular complexity index is 718. The van der Waals surface area contributed by atoms with Crippen LogP contribution in [0.3, 0.4) is 0 Å². The quantitative estimate of drug-likeness (QED) is 0.941. The number of nitrogens with one attached hydrogen (secondary N) is 1. The van der Waals surface area contributed by atoms with Gasteiger partial charge in [0.05, 0.1) is 5.75 Å². The van der Waals surface area contributed by atoms with Crippen molar-refractivity contribution in [3.63, 3.8) is 0 Å². The molecule has 22 heavy (non-hydrogen) atoms. The van der Waals surface area contributed by atoms with Gasteiger partial charge in [-0.15, -0.1) is 0 Å². The van der Waals surface area contributed by atoms with E-state index in [0.717, 1.165) is 29.8 Å². The number of aryl methyl sites for hydroxylation is 1. The number of H-pyrrole nitrogens is 1. The molecular formula is C16H21N3O2S. The fourth-order valence-electron chi connectivity index (χ4n) is 2.97. The summed E-state index contributed by atoms with van der Waals surface area (Å²) in [7, 11) is -3.25. The zero-order valence-corrected chi connectivity index (χ0v) is 13.5. The predicted molar refractivity (Wildman–Crippen MR) is 85.9 cm³/mol. The summed E-state index contributed by atoms with van der Waals surface area (Å²) in [5, 5.41) is 0. The molecule has 0 atom stereocenters. The molecule has 2 heterocycles. The van der Waals surface area contributed by atoms with Gasteiger partial charge in [0.1, 0.15) is 5.82 Å². The third kappa shape index (κ3) is 3.23. The van der Waals surface area contributed by atoms with Crippen molar-refractivity contribution in [3.05, 3.63) is 53.6 Å². The monoisotopic (exact) mass is 319 g/mol. The van der Waals surface area contributed by atoms with Gasteiger partial charge in [0.2, 0.25) is 10.0 Å². The van der Waals surface area contributed by atoms with E-state index < -0.39 is 10.0 Å². The average molecular weight is 319 g/mol. The Balaban J connectivity index is 1.66. The van der Waals surface area contributed by atoms with E-state index in [9.17, 15) is 8.42 Å². The standard InChI is InChI=1S/C16H21N3O2S/c1-13-4-2-3-5-15(13)12-22(20,21)19-10-6-14(7-11-19)16-17-8-9-18-16/h2-5,8-9,14H,6-7,10-12H2,1H3,(H,17,18). The number of piperidine rings is 1. The molecule has 0 saturated carbocycles. The number of benzene rings is 1. The molecule has 1 aromatic heterocycles. The lowest BCUT2D eigenvalue weighted by molar-refractivity contribution is 0.314. The number of imidazole rings is 1. The van der Waals surface area contributed by atoms with Crippen molar-refractivity contribution in [3.8, 4) is 0 Å². The molecule has 1 fully saturated rings. The summed E-state index contributed by atoms with van der Waals surface area (Å²) in [4.78, 5) is 7.41. The van der Waals surface area contributed by atoms with Crippen LogP contribution in [-0.2, 0) is 15.8 Å². The highest BCUT2D eigenvalue weighted by molar-refractivity contribution is 7.88. The summed E-state index contributed by atoms with van der Waals surface area (Å²) in [5.74, 6) is 1.39. The van der Waals surface area contributed by atoms with Crippen LogP contribution in [0.15, 0.2) is 36.7 Å². The fourth-order valence-corrected chi connectivity index (χ4v) is 4.63. The third-order valence-electron chi connectivity index (χ3n) is 4.35. The summed E-state index contributed by atoms with van der Waals surface area (Å²) < 4.78 is 26.8. The molecule has 1 aliphatic rings.